The third kappa shape index (κ3) is 3.44. The molecule has 1 aromatic carbocycles. The molecule has 132 valence electrons. The highest BCUT2D eigenvalue weighted by Gasteiger charge is 2.39. The van der Waals surface area contributed by atoms with Gasteiger partial charge in [-0.15, -0.1) is 0 Å². The van der Waals surface area contributed by atoms with Crippen molar-refractivity contribution in [2.45, 2.75) is 51.5 Å². The van der Waals surface area contributed by atoms with Crippen LogP contribution in [0.25, 0.3) is 0 Å². The van der Waals surface area contributed by atoms with Gasteiger partial charge in [-0.3, -0.25) is 4.90 Å². The highest BCUT2D eigenvalue weighted by molar-refractivity contribution is 5.70. The Bertz CT molecular complexity index is 597. The van der Waals surface area contributed by atoms with Crippen LogP contribution < -0.4 is 4.74 Å². The van der Waals surface area contributed by atoms with Crippen LogP contribution in [0.2, 0.25) is 0 Å². The van der Waals surface area contributed by atoms with Gasteiger partial charge in [0.1, 0.15) is 5.75 Å². The molecule has 0 bridgehead atoms. The van der Waals surface area contributed by atoms with Crippen LogP contribution in [0.1, 0.15) is 50.2 Å². The van der Waals surface area contributed by atoms with E-state index >= 15 is 0 Å². The van der Waals surface area contributed by atoms with Crippen LogP contribution in [0.3, 0.4) is 0 Å². The van der Waals surface area contributed by atoms with E-state index in [1.165, 1.54) is 48.4 Å². The molecule has 0 N–H and O–H groups in total. The molecule has 4 nitrogen and oxygen atoms in total. The molecule has 1 fully saturated rings. The van der Waals surface area contributed by atoms with Crippen molar-refractivity contribution < 1.29 is 9.53 Å². The minimum absolute atomic E-state index is 0.296. The zero-order valence-corrected chi connectivity index (χ0v) is 15.4. The van der Waals surface area contributed by atoms with Gasteiger partial charge in [-0.05, 0) is 61.9 Å². The number of amides is 1. The SMILES string of the molecule is CC(C)CCN1CCC2c3cccc(OC(=O)N(C)C)c3CCC21. The number of nitrogens with zero attached hydrogens (tertiary/aromatic N) is 2. The molecule has 1 aromatic rings. The lowest BCUT2D eigenvalue weighted by Gasteiger charge is -2.34. The van der Waals surface area contributed by atoms with Gasteiger partial charge in [0.05, 0.1) is 0 Å². The van der Waals surface area contributed by atoms with Crippen molar-refractivity contribution in [3.05, 3.63) is 29.3 Å². The Morgan fingerprint density at radius 2 is 2.12 bits per heavy atom. The number of hydrogen-bond donors (Lipinski definition) is 0. The van der Waals surface area contributed by atoms with Crippen molar-refractivity contribution in [2.75, 3.05) is 27.2 Å². The maximum absolute atomic E-state index is 11.9. The summed E-state index contributed by atoms with van der Waals surface area (Å²) in [5.74, 6) is 2.11. The van der Waals surface area contributed by atoms with Crippen molar-refractivity contribution in [2.24, 2.45) is 5.92 Å². The number of hydrogen-bond acceptors (Lipinski definition) is 3. The number of benzene rings is 1. The molecule has 0 radical (unpaired) electrons. The van der Waals surface area contributed by atoms with E-state index in [1.807, 2.05) is 12.1 Å². The first kappa shape index (κ1) is 17.3. The van der Waals surface area contributed by atoms with E-state index in [0.717, 1.165) is 18.1 Å². The van der Waals surface area contributed by atoms with Gasteiger partial charge in [-0.1, -0.05) is 26.0 Å². The van der Waals surface area contributed by atoms with Crippen molar-refractivity contribution in [3.63, 3.8) is 0 Å². The highest BCUT2D eigenvalue weighted by Crippen LogP contribution is 2.44. The van der Waals surface area contributed by atoms with Gasteiger partial charge in [0.25, 0.3) is 0 Å². The maximum atomic E-state index is 11.9. The molecule has 2 aliphatic rings. The average Bonchev–Trinajstić information content (AvgIpc) is 2.96. The molecule has 1 saturated heterocycles. The summed E-state index contributed by atoms with van der Waals surface area (Å²) < 4.78 is 5.60. The quantitative estimate of drug-likeness (QED) is 0.839. The minimum Gasteiger partial charge on any atom is -0.410 e. The lowest BCUT2D eigenvalue weighted by Crippen LogP contribution is -2.36. The largest absolute Gasteiger partial charge is 0.414 e. The zero-order chi connectivity index (χ0) is 17.3. The summed E-state index contributed by atoms with van der Waals surface area (Å²) in [5, 5.41) is 0. The van der Waals surface area contributed by atoms with Crippen LogP contribution >= 0.6 is 0 Å². The van der Waals surface area contributed by atoms with Gasteiger partial charge in [-0.2, -0.15) is 0 Å². The van der Waals surface area contributed by atoms with E-state index in [2.05, 4.69) is 24.8 Å². The Balaban J connectivity index is 1.77. The second-order valence-electron chi connectivity index (χ2n) is 7.81. The molecule has 24 heavy (non-hydrogen) atoms. The molecule has 0 spiro atoms. The Morgan fingerprint density at radius 1 is 1.33 bits per heavy atom. The lowest BCUT2D eigenvalue weighted by atomic mass is 9.79. The summed E-state index contributed by atoms with van der Waals surface area (Å²) in [4.78, 5) is 16.1. The van der Waals surface area contributed by atoms with E-state index in [9.17, 15) is 4.79 Å². The molecule has 1 heterocycles. The molecule has 0 saturated carbocycles. The Hall–Kier alpha value is -1.55. The second-order valence-corrected chi connectivity index (χ2v) is 7.81. The normalized spacial score (nSPS) is 23.0. The van der Waals surface area contributed by atoms with E-state index < -0.39 is 0 Å². The Morgan fingerprint density at radius 3 is 2.83 bits per heavy atom. The standard InChI is InChI=1S/C20H30N2O2/c1-14(2)10-12-22-13-11-16-15-6-5-7-19(24-20(23)21(3)4)17(15)8-9-18(16)22/h5-7,14,16,18H,8-13H2,1-4H3. The van der Waals surface area contributed by atoms with Gasteiger partial charge in [0.15, 0.2) is 0 Å². The molecule has 3 rings (SSSR count). The Kier molecular flexibility index (Phi) is 5.14. The third-order valence-corrected chi connectivity index (χ3v) is 5.48. The molecular formula is C20H30N2O2. The number of ether oxygens (including phenoxy) is 1. The number of carbonyl (C=O) groups excluding carboxylic acids is 1. The molecule has 1 amide bonds. The summed E-state index contributed by atoms with van der Waals surface area (Å²) in [6.07, 6.45) is 4.38. The van der Waals surface area contributed by atoms with Gasteiger partial charge < -0.3 is 9.64 Å². The Labute approximate surface area is 145 Å². The van der Waals surface area contributed by atoms with Crippen LogP contribution in [0.4, 0.5) is 4.79 Å². The van der Waals surface area contributed by atoms with Crippen molar-refractivity contribution in [1.29, 1.82) is 0 Å². The van der Waals surface area contributed by atoms with Gasteiger partial charge in [0, 0.05) is 26.1 Å². The first-order valence-corrected chi connectivity index (χ1v) is 9.22. The number of likely N-dealkylation sites (tertiary alicyclic amines) is 1. The fraction of sp³-hybridized carbons (Fsp3) is 0.650. The minimum atomic E-state index is -0.296. The molecule has 4 heteroatoms. The predicted octanol–water partition coefficient (Wildman–Crippen LogP) is 3.90. The van der Waals surface area contributed by atoms with Crippen LogP contribution in [0, 0.1) is 5.92 Å². The average molecular weight is 330 g/mol. The summed E-state index contributed by atoms with van der Waals surface area (Å²) in [5.41, 5.74) is 2.65. The maximum Gasteiger partial charge on any atom is 0.414 e. The molecule has 0 aromatic heterocycles. The second kappa shape index (κ2) is 7.14. The number of rotatable bonds is 4. The lowest BCUT2D eigenvalue weighted by molar-refractivity contribution is 0.170. The van der Waals surface area contributed by atoms with Crippen molar-refractivity contribution in [3.8, 4) is 5.75 Å². The fourth-order valence-electron chi connectivity index (χ4n) is 4.14. The molecular weight excluding hydrogens is 300 g/mol. The van der Waals surface area contributed by atoms with Crippen LogP contribution in [-0.2, 0) is 6.42 Å². The third-order valence-electron chi connectivity index (χ3n) is 5.48. The molecule has 1 aliphatic carbocycles. The molecule has 2 atom stereocenters. The summed E-state index contributed by atoms with van der Waals surface area (Å²) in [6.45, 7) is 7.01. The summed E-state index contributed by atoms with van der Waals surface area (Å²) in [6, 6.07) is 6.88. The van der Waals surface area contributed by atoms with Gasteiger partial charge >= 0.3 is 6.09 Å². The van der Waals surface area contributed by atoms with E-state index in [4.69, 9.17) is 4.74 Å². The predicted molar refractivity (Wildman–Crippen MR) is 96.6 cm³/mol. The monoisotopic (exact) mass is 330 g/mol. The van der Waals surface area contributed by atoms with Crippen molar-refractivity contribution >= 4 is 6.09 Å². The first-order valence-electron chi connectivity index (χ1n) is 9.22. The van der Waals surface area contributed by atoms with Gasteiger partial charge in [0.2, 0.25) is 0 Å². The molecule has 2 unspecified atom stereocenters. The number of carbonyl (C=O) groups is 1. The smallest absolute Gasteiger partial charge is 0.410 e. The number of fused-ring (bicyclic) bond motifs is 3. The van der Waals surface area contributed by atoms with Crippen LogP contribution in [0.15, 0.2) is 18.2 Å². The van der Waals surface area contributed by atoms with Crippen molar-refractivity contribution in [1.82, 2.24) is 9.80 Å². The van der Waals surface area contributed by atoms with Crippen LogP contribution in [0.5, 0.6) is 5.75 Å². The van der Waals surface area contributed by atoms with Gasteiger partial charge in [-0.25, -0.2) is 4.79 Å². The summed E-state index contributed by atoms with van der Waals surface area (Å²) >= 11 is 0. The molecule has 1 aliphatic heterocycles. The van der Waals surface area contributed by atoms with Crippen LogP contribution in [-0.4, -0.2) is 49.1 Å². The van der Waals surface area contributed by atoms with E-state index in [0.29, 0.717) is 12.0 Å². The van der Waals surface area contributed by atoms with E-state index in [-0.39, 0.29) is 6.09 Å². The highest BCUT2D eigenvalue weighted by atomic mass is 16.6. The first-order chi connectivity index (χ1) is 11.5. The topological polar surface area (TPSA) is 32.8 Å². The summed E-state index contributed by atoms with van der Waals surface area (Å²) in [7, 11) is 3.44. The fourth-order valence-corrected chi connectivity index (χ4v) is 4.14. The van der Waals surface area contributed by atoms with E-state index in [1.54, 1.807) is 14.1 Å². The zero-order valence-electron chi connectivity index (χ0n) is 15.4.